The van der Waals surface area contributed by atoms with Crippen LogP contribution >= 0.6 is 0 Å². The Kier molecular flexibility index (Phi) is 3.61. The van der Waals surface area contributed by atoms with Crippen LogP contribution in [0, 0.1) is 0 Å². The third kappa shape index (κ3) is 2.55. The fraction of sp³-hybridized carbons (Fsp3) is 0.0909. The molecule has 5 rings (SSSR count). The molecule has 0 atom stereocenters. The van der Waals surface area contributed by atoms with Crippen molar-refractivity contribution in [3.05, 3.63) is 78.8 Å². The molecule has 1 aliphatic heterocycles. The van der Waals surface area contributed by atoms with E-state index in [0.29, 0.717) is 5.71 Å². The summed E-state index contributed by atoms with van der Waals surface area (Å²) in [6, 6.07) is 18.8. The predicted molar refractivity (Wildman–Crippen MR) is 110 cm³/mol. The molecule has 1 aromatic carbocycles. The molecular weight excluding hydrogens is 333 g/mol. The molecule has 4 aromatic rings. The third-order valence-corrected chi connectivity index (χ3v) is 5.23. The zero-order chi connectivity index (χ0) is 18.4. The van der Waals surface area contributed by atoms with E-state index in [1.54, 1.807) is 6.20 Å². The highest BCUT2D eigenvalue weighted by Crippen LogP contribution is 2.27. The number of nitrogens with zero attached hydrogens (tertiary/aromatic N) is 3. The Bertz CT molecular complexity index is 1170. The first-order chi connectivity index (χ1) is 13.2. The van der Waals surface area contributed by atoms with Gasteiger partial charge in [-0.2, -0.15) is 0 Å². The van der Waals surface area contributed by atoms with Crippen LogP contribution in [-0.2, 0) is 7.05 Å². The monoisotopic (exact) mass is 352 g/mol. The van der Waals surface area contributed by atoms with Crippen molar-refractivity contribution in [2.45, 2.75) is 6.82 Å². The number of furan rings is 1. The minimum Gasteiger partial charge on any atom is -0.447 e. The van der Waals surface area contributed by atoms with Gasteiger partial charge in [-0.15, -0.1) is 0 Å². The van der Waals surface area contributed by atoms with E-state index in [0.717, 1.165) is 22.4 Å². The molecule has 3 aromatic heterocycles. The Hall–Kier alpha value is -3.34. The lowest BCUT2D eigenvalue weighted by Crippen LogP contribution is -2.50. The van der Waals surface area contributed by atoms with Gasteiger partial charge in [0.15, 0.2) is 0 Å². The number of hydrogen-bond donors (Lipinski definition) is 0. The second-order valence-corrected chi connectivity index (χ2v) is 6.89. The number of aryl methyl sites for hydroxylation is 1. The zero-order valence-corrected chi connectivity index (χ0v) is 15.3. The Morgan fingerprint density at radius 3 is 2.74 bits per heavy atom. The van der Waals surface area contributed by atoms with Crippen LogP contribution in [0.1, 0.15) is 5.56 Å². The summed E-state index contributed by atoms with van der Waals surface area (Å²) in [5, 5.41) is 1.07. The Balaban J connectivity index is 1.60. The van der Waals surface area contributed by atoms with Gasteiger partial charge >= 0.3 is 6.85 Å². The van der Waals surface area contributed by atoms with Crippen LogP contribution in [0.4, 0.5) is 5.82 Å². The van der Waals surface area contributed by atoms with E-state index in [-0.39, 0.29) is 6.85 Å². The van der Waals surface area contributed by atoms with E-state index < -0.39 is 0 Å². The molecule has 4 nitrogen and oxygen atoms in total. The fourth-order valence-corrected chi connectivity index (χ4v) is 3.76. The Labute approximate surface area is 158 Å². The first kappa shape index (κ1) is 15.9. The van der Waals surface area contributed by atoms with E-state index in [2.05, 4.69) is 89.2 Å². The predicted octanol–water partition coefficient (Wildman–Crippen LogP) is 3.64. The van der Waals surface area contributed by atoms with Crippen LogP contribution in [-0.4, -0.2) is 11.8 Å². The van der Waals surface area contributed by atoms with E-state index in [9.17, 15) is 0 Å². The lowest BCUT2D eigenvalue weighted by atomic mass is 9.58. The topological polar surface area (TPSA) is 33.2 Å². The van der Waals surface area contributed by atoms with Gasteiger partial charge < -0.3 is 4.42 Å². The molecule has 0 bridgehead atoms. The summed E-state index contributed by atoms with van der Waals surface area (Å²) in [7, 11) is 2.07. The smallest absolute Gasteiger partial charge is 0.447 e. The number of hydrogen-bond acceptors (Lipinski definition) is 3. The first-order valence-electron chi connectivity index (χ1n) is 9.11. The van der Waals surface area contributed by atoms with Crippen molar-refractivity contribution in [3.8, 4) is 11.1 Å². The normalized spacial score (nSPS) is 13.3. The van der Waals surface area contributed by atoms with Crippen molar-refractivity contribution >= 4 is 35.5 Å². The average Bonchev–Trinajstić information content (AvgIpc) is 3.09. The van der Waals surface area contributed by atoms with Crippen molar-refractivity contribution < 1.29 is 8.98 Å². The lowest BCUT2D eigenvalue weighted by molar-refractivity contribution is -0.658. The summed E-state index contributed by atoms with van der Waals surface area (Å²) in [6.07, 6.45) is 8.14. The van der Waals surface area contributed by atoms with Crippen molar-refractivity contribution in [2.75, 3.05) is 4.81 Å². The second kappa shape index (κ2) is 6.13. The van der Waals surface area contributed by atoms with Crippen LogP contribution in [0.5, 0.6) is 0 Å². The standard InChI is InChI=1S/C22H19BN3O/c1-23-21-18(19-9-6-12-24-22(19)27-21)11-14-26(23)20-15-17(10-13-25(20)2)16-7-4-3-5-8-16/h3-15H,1-2H3/q+1. The van der Waals surface area contributed by atoms with Crippen molar-refractivity contribution in [1.82, 2.24) is 4.98 Å². The van der Waals surface area contributed by atoms with Gasteiger partial charge in [-0.05, 0) is 42.2 Å². The highest BCUT2D eigenvalue weighted by Gasteiger charge is 2.38. The van der Waals surface area contributed by atoms with Crippen LogP contribution in [0.25, 0.3) is 28.3 Å². The third-order valence-electron chi connectivity index (χ3n) is 5.23. The molecule has 130 valence electrons. The largest absolute Gasteiger partial charge is 0.447 e. The maximum Gasteiger partial charge on any atom is 0.447 e. The SMILES string of the molecule is CB1c2oc3ncccc3c2C=CN1c1cc(-c2ccccc2)cc[n+]1C. The molecule has 0 saturated heterocycles. The summed E-state index contributed by atoms with van der Waals surface area (Å²) in [6.45, 7) is 2.25. The zero-order valence-electron chi connectivity index (χ0n) is 15.3. The molecule has 0 aliphatic carbocycles. The van der Waals surface area contributed by atoms with E-state index in [1.165, 1.54) is 11.1 Å². The van der Waals surface area contributed by atoms with Crippen LogP contribution in [0.2, 0.25) is 6.82 Å². The first-order valence-corrected chi connectivity index (χ1v) is 9.11. The van der Waals surface area contributed by atoms with Gasteiger partial charge in [0.25, 0.3) is 5.82 Å². The van der Waals surface area contributed by atoms with Gasteiger partial charge in [0.1, 0.15) is 5.66 Å². The molecule has 27 heavy (non-hydrogen) atoms. The number of rotatable bonds is 2. The van der Waals surface area contributed by atoms with Crippen LogP contribution < -0.4 is 15.0 Å². The van der Waals surface area contributed by atoms with E-state index in [1.807, 2.05) is 12.1 Å². The minimum absolute atomic E-state index is 0.0800. The van der Waals surface area contributed by atoms with Crippen molar-refractivity contribution in [2.24, 2.45) is 7.05 Å². The van der Waals surface area contributed by atoms with Gasteiger partial charge in [-0.1, -0.05) is 30.3 Å². The van der Waals surface area contributed by atoms with Gasteiger partial charge in [0.2, 0.25) is 5.71 Å². The minimum atomic E-state index is 0.0800. The lowest BCUT2D eigenvalue weighted by Gasteiger charge is -2.22. The maximum atomic E-state index is 6.10. The fourth-order valence-electron chi connectivity index (χ4n) is 3.76. The van der Waals surface area contributed by atoms with Crippen molar-refractivity contribution in [3.63, 3.8) is 0 Å². The van der Waals surface area contributed by atoms with Crippen molar-refractivity contribution in [1.29, 1.82) is 0 Å². The number of anilines is 1. The Morgan fingerprint density at radius 2 is 1.89 bits per heavy atom. The number of benzene rings is 1. The molecule has 0 amide bonds. The molecule has 0 fully saturated rings. The molecule has 0 saturated carbocycles. The molecule has 4 heterocycles. The van der Waals surface area contributed by atoms with E-state index in [4.69, 9.17) is 4.42 Å². The summed E-state index contributed by atoms with van der Waals surface area (Å²) >= 11 is 0. The molecule has 0 N–H and O–H groups in total. The summed E-state index contributed by atoms with van der Waals surface area (Å²) in [4.78, 5) is 6.61. The quantitative estimate of drug-likeness (QED) is 0.408. The highest BCUT2D eigenvalue weighted by molar-refractivity contribution is 6.76. The number of fused-ring (bicyclic) bond motifs is 3. The molecular formula is C22H19BN3O+. The van der Waals surface area contributed by atoms with Gasteiger partial charge in [0, 0.05) is 23.2 Å². The molecule has 0 spiro atoms. The summed E-state index contributed by atoms with van der Waals surface area (Å²) in [5.74, 6) is 1.11. The summed E-state index contributed by atoms with van der Waals surface area (Å²) < 4.78 is 8.23. The van der Waals surface area contributed by atoms with Gasteiger partial charge in [0.05, 0.1) is 19.4 Å². The van der Waals surface area contributed by atoms with E-state index >= 15 is 0 Å². The molecule has 5 heteroatoms. The number of aromatic nitrogens is 2. The summed E-state index contributed by atoms with van der Waals surface area (Å²) in [5.41, 5.74) is 5.19. The van der Waals surface area contributed by atoms with Crippen LogP contribution in [0.3, 0.4) is 0 Å². The maximum absolute atomic E-state index is 6.10. The number of pyridine rings is 2. The molecule has 0 unspecified atom stereocenters. The van der Waals surface area contributed by atoms with Crippen LogP contribution in [0.15, 0.2) is 77.6 Å². The van der Waals surface area contributed by atoms with Gasteiger partial charge in [-0.25, -0.2) is 9.55 Å². The molecule has 1 aliphatic rings. The average molecular weight is 352 g/mol. The Morgan fingerprint density at radius 1 is 1.04 bits per heavy atom. The van der Waals surface area contributed by atoms with Gasteiger partial charge in [-0.3, -0.25) is 4.81 Å². The second-order valence-electron chi connectivity index (χ2n) is 6.89. The molecule has 0 radical (unpaired) electrons. The highest BCUT2D eigenvalue weighted by atomic mass is 16.3.